The van der Waals surface area contributed by atoms with Gasteiger partial charge in [0.2, 0.25) is 5.91 Å². The number of aromatic nitrogens is 1. The van der Waals surface area contributed by atoms with Crippen LogP contribution in [0.2, 0.25) is 0 Å². The lowest BCUT2D eigenvalue weighted by molar-refractivity contribution is -0.150. The Bertz CT molecular complexity index is 573. The molecule has 5 nitrogen and oxygen atoms in total. The summed E-state index contributed by atoms with van der Waals surface area (Å²) in [5.41, 5.74) is 1.10. The molecule has 1 aromatic rings. The highest BCUT2D eigenvalue weighted by molar-refractivity contribution is 5.84. The Hall–Kier alpha value is -1.46. The third-order valence-corrected chi connectivity index (χ3v) is 5.96. The minimum absolute atomic E-state index is 0.140. The molecule has 1 atom stereocenters. The number of rotatable bonds is 3. The number of pyridine rings is 1. The van der Waals surface area contributed by atoms with Crippen molar-refractivity contribution in [3.63, 3.8) is 0 Å². The molecule has 0 bridgehead atoms. The first kappa shape index (κ1) is 16.0. The van der Waals surface area contributed by atoms with Crippen LogP contribution in [0.1, 0.15) is 37.7 Å². The Morgan fingerprint density at radius 2 is 2.12 bits per heavy atom. The van der Waals surface area contributed by atoms with Crippen LogP contribution in [0, 0.1) is 5.41 Å². The number of likely N-dealkylation sites (tertiary alicyclic amines) is 2. The van der Waals surface area contributed by atoms with Gasteiger partial charge in [0.05, 0.1) is 5.41 Å². The molecule has 0 radical (unpaired) electrons. The van der Waals surface area contributed by atoms with Gasteiger partial charge in [-0.3, -0.25) is 14.7 Å². The number of piperidine rings is 1. The summed E-state index contributed by atoms with van der Waals surface area (Å²) in [6, 6.07) is 4.50. The molecule has 3 fully saturated rings. The van der Waals surface area contributed by atoms with Gasteiger partial charge >= 0.3 is 0 Å². The highest BCUT2D eigenvalue weighted by atomic mass is 16.5. The lowest BCUT2D eigenvalue weighted by Crippen LogP contribution is -2.54. The van der Waals surface area contributed by atoms with Gasteiger partial charge in [0.15, 0.2) is 0 Å². The van der Waals surface area contributed by atoms with Gasteiger partial charge in [-0.1, -0.05) is 6.07 Å². The van der Waals surface area contributed by atoms with Crippen molar-refractivity contribution in [2.45, 2.75) is 44.7 Å². The van der Waals surface area contributed by atoms with Crippen molar-refractivity contribution in [2.24, 2.45) is 5.41 Å². The van der Waals surface area contributed by atoms with E-state index in [-0.39, 0.29) is 5.41 Å². The Morgan fingerprint density at radius 1 is 1.25 bits per heavy atom. The minimum Gasteiger partial charge on any atom is -0.381 e. The Labute approximate surface area is 144 Å². The van der Waals surface area contributed by atoms with E-state index in [0.29, 0.717) is 11.9 Å². The van der Waals surface area contributed by atoms with E-state index in [0.717, 1.165) is 71.5 Å². The Kier molecular flexibility index (Phi) is 4.55. The van der Waals surface area contributed by atoms with E-state index in [2.05, 4.69) is 20.9 Å². The first-order chi connectivity index (χ1) is 11.8. The van der Waals surface area contributed by atoms with Crippen molar-refractivity contribution in [2.75, 3.05) is 32.8 Å². The fourth-order valence-corrected chi connectivity index (χ4v) is 4.67. The van der Waals surface area contributed by atoms with Gasteiger partial charge in [-0.05, 0) is 50.3 Å². The number of hydrogen-bond acceptors (Lipinski definition) is 4. The average molecular weight is 329 g/mol. The molecular formula is C19H27N3O2. The van der Waals surface area contributed by atoms with Crippen molar-refractivity contribution in [3.05, 3.63) is 30.1 Å². The van der Waals surface area contributed by atoms with Gasteiger partial charge in [-0.15, -0.1) is 0 Å². The number of hydrogen-bond donors (Lipinski definition) is 0. The molecule has 3 aliphatic heterocycles. The summed E-state index contributed by atoms with van der Waals surface area (Å²) in [6.07, 6.45) is 8.95. The number of carbonyl (C=O) groups excluding carboxylic acids is 1. The van der Waals surface area contributed by atoms with E-state index < -0.39 is 0 Å². The summed E-state index contributed by atoms with van der Waals surface area (Å²) in [5.74, 6) is 0.411. The van der Waals surface area contributed by atoms with E-state index in [1.165, 1.54) is 5.56 Å². The second-order valence-corrected chi connectivity index (χ2v) is 7.55. The van der Waals surface area contributed by atoms with Gasteiger partial charge in [0.1, 0.15) is 0 Å². The minimum atomic E-state index is -0.140. The van der Waals surface area contributed by atoms with E-state index in [9.17, 15) is 4.79 Å². The Balaban J connectivity index is 1.43. The summed E-state index contributed by atoms with van der Waals surface area (Å²) in [4.78, 5) is 22.1. The third-order valence-electron chi connectivity index (χ3n) is 5.96. The molecule has 3 aliphatic rings. The van der Waals surface area contributed by atoms with Crippen LogP contribution in [-0.4, -0.2) is 59.6 Å². The van der Waals surface area contributed by atoms with Crippen molar-refractivity contribution < 1.29 is 9.53 Å². The molecule has 0 saturated carbocycles. The lowest BCUT2D eigenvalue weighted by Gasteiger charge is -2.44. The number of ether oxygens (including phenoxy) is 1. The van der Waals surface area contributed by atoms with Crippen LogP contribution in [0.25, 0.3) is 0 Å². The fraction of sp³-hybridized carbons (Fsp3) is 0.684. The number of amides is 1. The topological polar surface area (TPSA) is 45.7 Å². The molecule has 0 N–H and O–H groups in total. The SMILES string of the molecule is O=C1N(C2CCOCC2)CCCC12CCN(Cc1cccnc1)C2. The van der Waals surface area contributed by atoms with Crippen LogP contribution in [-0.2, 0) is 16.1 Å². The zero-order chi connectivity index (χ0) is 16.4. The molecule has 5 heteroatoms. The van der Waals surface area contributed by atoms with Crippen molar-refractivity contribution in [3.8, 4) is 0 Å². The summed E-state index contributed by atoms with van der Waals surface area (Å²) in [7, 11) is 0. The molecule has 1 unspecified atom stereocenters. The monoisotopic (exact) mass is 329 g/mol. The van der Waals surface area contributed by atoms with Gasteiger partial charge in [0.25, 0.3) is 0 Å². The average Bonchev–Trinajstić information content (AvgIpc) is 3.03. The smallest absolute Gasteiger partial charge is 0.230 e. The van der Waals surface area contributed by atoms with E-state index >= 15 is 0 Å². The molecule has 3 saturated heterocycles. The maximum absolute atomic E-state index is 13.3. The molecule has 24 heavy (non-hydrogen) atoms. The van der Waals surface area contributed by atoms with Crippen LogP contribution in [0.15, 0.2) is 24.5 Å². The number of carbonyl (C=O) groups is 1. The first-order valence-electron chi connectivity index (χ1n) is 9.27. The van der Waals surface area contributed by atoms with Crippen LogP contribution in [0.4, 0.5) is 0 Å². The maximum atomic E-state index is 13.3. The van der Waals surface area contributed by atoms with E-state index in [1.807, 2.05) is 18.5 Å². The van der Waals surface area contributed by atoms with Gasteiger partial charge in [-0.25, -0.2) is 0 Å². The van der Waals surface area contributed by atoms with Gasteiger partial charge in [0, 0.05) is 51.3 Å². The van der Waals surface area contributed by atoms with Crippen molar-refractivity contribution in [1.29, 1.82) is 0 Å². The molecule has 1 aromatic heterocycles. The molecular weight excluding hydrogens is 302 g/mol. The Morgan fingerprint density at radius 3 is 2.92 bits per heavy atom. The highest BCUT2D eigenvalue weighted by Crippen LogP contribution is 2.41. The second kappa shape index (κ2) is 6.81. The first-order valence-corrected chi connectivity index (χ1v) is 9.27. The zero-order valence-electron chi connectivity index (χ0n) is 14.3. The van der Waals surface area contributed by atoms with Gasteiger partial charge in [-0.2, -0.15) is 0 Å². The van der Waals surface area contributed by atoms with Crippen LogP contribution in [0.3, 0.4) is 0 Å². The second-order valence-electron chi connectivity index (χ2n) is 7.55. The quantitative estimate of drug-likeness (QED) is 0.852. The summed E-state index contributed by atoms with van der Waals surface area (Å²) in [6.45, 7) is 5.36. The predicted molar refractivity (Wildman–Crippen MR) is 91.4 cm³/mol. The highest BCUT2D eigenvalue weighted by Gasteiger charge is 2.49. The molecule has 0 aliphatic carbocycles. The molecule has 4 heterocycles. The summed E-state index contributed by atoms with van der Waals surface area (Å²) >= 11 is 0. The lowest BCUT2D eigenvalue weighted by atomic mass is 9.77. The third kappa shape index (κ3) is 3.07. The number of nitrogens with zero attached hydrogens (tertiary/aromatic N) is 3. The summed E-state index contributed by atoms with van der Waals surface area (Å²) in [5, 5.41) is 0. The maximum Gasteiger partial charge on any atom is 0.230 e. The van der Waals surface area contributed by atoms with Crippen molar-refractivity contribution >= 4 is 5.91 Å². The molecule has 130 valence electrons. The fourth-order valence-electron chi connectivity index (χ4n) is 4.67. The molecule has 4 rings (SSSR count). The van der Waals surface area contributed by atoms with E-state index in [4.69, 9.17) is 4.74 Å². The standard InChI is InChI=1S/C19H27N3O2/c23-18-19(6-2-9-22(18)17-4-11-24-12-5-17)7-10-21(15-19)14-16-3-1-8-20-13-16/h1,3,8,13,17H,2,4-7,9-12,14-15H2. The van der Waals surface area contributed by atoms with Crippen molar-refractivity contribution in [1.82, 2.24) is 14.8 Å². The summed E-state index contributed by atoms with van der Waals surface area (Å²) < 4.78 is 5.47. The zero-order valence-corrected chi connectivity index (χ0v) is 14.3. The molecule has 0 aromatic carbocycles. The van der Waals surface area contributed by atoms with Crippen LogP contribution in [0.5, 0.6) is 0 Å². The van der Waals surface area contributed by atoms with E-state index in [1.54, 1.807) is 0 Å². The molecule has 1 amide bonds. The largest absolute Gasteiger partial charge is 0.381 e. The molecule has 1 spiro atoms. The predicted octanol–water partition coefficient (Wildman–Crippen LogP) is 2.08. The normalized spacial score (nSPS) is 29.5. The van der Waals surface area contributed by atoms with Crippen LogP contribution < -0.4 is 0 Å². The van der Waals surface area contributed by atoms with Gasteiger partial charge < -0.3 is 9.64 Å². The van der Waals surface area contributed by atoms with Crippen LogP contribution >= 0.6 is 0 Å².